The van der Waals surface area contributed by atoms with E-state index in [9.17, 15) is 0 Å². The second-order valence-electron chi connectivity index (χ2n) is 21.9. The van der Waals surface area contributed by atoms with Gasteiger partial charge in [0, 0.05) is 0 Å². The zero-order valence-electron chi connectivity index (χ0n) is 46.7. The van der Waals surface area contributed by atoms with Crippen LogP contribution >= 0.6 is 0 Å². The number of aryl methyl sites for hydroxylation is 2. The van der Waals surface area contributed by atoms with Crippen molar-refractivity contribution in [3.8, 4) is 5.75 Å². The minimum Gasteiger partial charge on any atom is -0.454 e. The van der Waals surface area contributed by atoms with Crippen LogP contribution in [0.4, 0.5) is 0 Å². The number of unbranched alkanes of at least 4 members (excludes halogenated alkanes) is 5. The molecular formula is C67H78N12O+6. The van der Waals surface area contributed by atoms with Gasteiger partial charge in [-0.1, -0.05) is 142 Å². The van der Waals surface area contributed by atoms with E-state index in [1.807, 2.05) is 7.05 Å². The SMILES string of the molecule is CCCCCCCCn1cc[n+](Cc2ccc(C[n+]3ccn(Cc4ccc(Cn5cc[n+](Cc6ccc(OC[n+]7ccn(Cc8ccc(C[n+]9ccn(Cc%10ccc(Cn%11cc[n+](C)c%11)cc%10)c9)cc8)c7)cc6)c5)cc4)c3)cc2)c1. The third-order valence-electron chi connectivity index (χ3n) is 15.0. The lowest BCUT2D eigenvalue weighted by Crippen LogP contribution is -2.34. The quantitative estimate of drug-likeness (QED) is 0.0359. The fraction of sp³-hybridized carbons (Fsp3) is 0.284. The van der Waals surface area contributed by atoms with E-state index < -0.39 is 0 Å². The molecule has 0 fully saturated rings. The van der Waals surface area contributed by atoms with Crippen molar-refractivity contribution >= 4 is 0 Å². The molecule has 0 unspecified atom stereocenters. The van der Waals surface area contributed by atoms with E-state index in [1.54, 1.807) is 0 Å². The number of nitrogens with zero attached hydrogens (tertiary/aromatic N) is 12. The van der Waals surface area contributed by atoms with Crippen LogP contribution in [0.2, 0.25) is 0 Å². The second-order valence-corrected chi connectivity index (χ2v) is 21.9. The number of hydrogen-bond acceptors (Lipinski definition) is 1. The summed E-state index contributed by atoms with van der Waals surface area (Å²) in [6.07, 6.45) is 46.7. The summed E-state index contributed by atoms with van der Waals surface area (Å²) >= 11 is 0. The van der Waals surface area contributed by atoms with Crippen LogP contribution in [0.15, 0.2) is 234 Å². The highest BCUT2D eigenvalue weighted by Gasteiger charge is 2.13. The molecule has 406 valence electrons. The van der Waals surface area contributed by atoms with Gasteiger partial charge in [0.25, 0.3) is 0 Å². The summed E-state index contributed by atoms with van der Waals surface area (Å²) in [5.41, 5.74) is 11.5. The lowest BCUT2D eigenvalue weighted by atomic mass is 10.1. The topological polar surface area (TPSA) is 62.1 Å². The molecule has 5 aromatic carbocycles. The van der Waals surface area contributed by atoms with Crippen LogP contribution in [0, 0.1) is 0 Å². The van der Waals surface area contributed by atoms with Crippen LogP contribution in [-0.4, -0.2) is 27.4 Å². The molecule has 13 heteroatoms. The van der Waals surface area contributed by atoms with Gasteiger partial charge in [-0.3, -0.25) is 0 Å². The summed E-state index contributed by atoms with van der Waals surface area (Å²) in [5, 5.41) is 0. The van der Waals surface area contributed by atoms with E-state index in [0.29, 0.717) is 6.73 Å². The van der Waals surface area contributed by atoms with Gasteiger partial charge in [-0.15, -0.1) is 0 Å². The smallest absolute Gasteiger partial charge is 0.246 e. The largest absolute Gasteiger partial charge is 0.454 e. The average Bonchev–Trinajstić information content (AvgIpc) is 4.40. The maximum atomic E-state index is 6.19. The Morgan fingerprint density at radius 2 is 0.613 bits per heavy atom. The van der Waals surface area contributed by atoms with Crippen LogP contribution in [0.5, 0.6) is 5.75 Å². The van der Waals surface area contributed by atoms with Crippen molar-refractivity contribution in [2.24, 2.45) is 7.05 Å². The van der Waals surface area contributed by atoms with Gasteiger partial charge in [-0.2, -0.15) is 0 Å². The van der Waals surface area contributed by atoms with Gasteiger partial charge in [0.1, 0.15) is 139 Å². The Balaban J connectivity index is 0.572. The first kappa shape index (κ1) is 53.2. The predicted molar refractivity (Wildman–Crippen MR) is 307 cm³/mol. The highest BCUT2D eigenvalue weighted by Crippen LogP contribution is 2.15. The Morgan fingerprint density at radius 3 is 1.00 bits per heavy atom. The molecule has 11 rings (SSSR count). The van der Waals surface area contributed by atoms with Crippen LogP contribution < -0.4 is 32.1 Å². The zero-order valence-corrected chi connectivity index (χ0v) is 46.7. The molecule has 0 atom stereocenters. The highest BCUT2D eigenvalue weighted by molar-refractivity contribution is 5.28. The molecule has 11 aromatic rings. The molecule has 0 radical (unpaired) electrons. The Kier molecular flexibility index (Phi) is 17.4. The van der Waals surface area contributed by atoms with Crippen molar-refractivity contribution in [1.29, 1.82) is 0 Å². The Bertz CT molecular complexity index is 3630. The van der Waals surface area contributed by atoms with E-state index in [0.717, 1.165) is 71.2 Å². The summed E-state index contributed by atoms with van der Waals surface area (Å²) in [5.74, 6) is 0.851. The summed E-state index contributed by atoms with van der Waals surface area (Å²) in [4.78, 5) is 0. The van der Waals surface area contributed by atoms with Gasteiger partial charge < -0.3 is 4.74 Å². The lowest BCUT2D eigenvalue weighted by Gasteiger charge is -2.05. The van der Waals surface area contributed by atoms with Crippen molar-refractivity contribution in [3.63, 3.8) is 0 Å². The van der Waals surface area contributed by atoms with Gasteiger partial charge in [0.2, 0.25) is 44.7 Å². The number of ether oxygens (including phenoxy) is 1. The summed E-state index contributed by atoms with van der Waals surface area (Å²) in [6, 6.07) is 44.4. The van der Waals surface area contributed by atoms with E-state index in [1.165, 1.54) is 88.6 Å². The molecule has 6 heterocycles. The predicted octanol–water partition coefficient (Wildman–Crippen LogP) is 8.59. The normalized spacial score (nSPS) is 11.5. The molecule has 0 N–H and O–H groups in total. The van der Waals surface area contributed by atoms with E-state index in [-0.39, 0.29) is 0 Å². The monoisotopic (exact) mass is 1070 g/mol. The Labute approximate surface area is 471 Å². The van der Waals surface area contributed by atoms with E-state index in [2.05, 4.69) is 295 Å². The van der Waals surface area contributed by atoms with Crippen molar-refractivity contribution in [1.82, 2.24) is 27.4 Å². The fourth-order valence-electron chi connectivity index (χ4n) is 10.6. The van der Waals surface area contributed by atoms with Gasteiger partial charge in [-0.05, 0) is 75.0 Å². The molecule has 6 aromatic heterocycles. The molecule has 80 heavy (non-hydrogen) atoms. The maximum absolute atomic E-state index is 6.19. The molecule has 0 aliphatic rings. The molecule has 0 saturated carbocycles. The first-order chi connectivity index (χ1) is 39.3. The summed E-state index contributed by atoms with van der Waals surface area (Å²) in [7, 11) is 2.05. The molecule has 0 saturated heterocycles. The third-order valence-corrected chi connectivity index (χ3v) is 15.0. The minimum absolute atomic E-state index is 0.442. The van der Waals surface area contributed by atoms with Crippen molar-refractivity contribution < 1.29 is 32.1 Å². The molecular weight excluding hydrogens is 989 g/mol. The zero-order chi connectivity index (χ0) is 54.3. The summed E-state index contributed by atoms with van der Waals surface area (Å²) < 4.78 is 32.8. The Morgan fingerprint density at radius 1 is 0.312 bits per heavy atom. The maximum Gasteiger partial charge on any atom is 0.246 e. The number of imidazole rings is 6. The highest BCUT2D eigenvalue weighted by atomic mass is 16.5. The fourth-order valence-corrected chi connectivity index (χ4v) is 10.6. The molecule has 0 amide bonds. The van der Waals surface area contributed by atoms with Crippen LogP contribution in [0.25, 0.3) is 0 Å². The van der Waals surface area contributed by atoms with Gasteiger partial charge >= 0.3 is 0 Å². The van der Waals surface area contributed by atoms with Gasteiger partial charge in [0.05, 0.1) is 13.6 Å². The lowest BCUT2D eigenvalue weighted by molar-refractivity contribution is -0.724. The van der Waals surface area contributed by atoms with Crippen LogP contribution in [-0.2, 0) is 79.2 Å². The standard InChI is InChI=1S/C67H78N12O/c1-3-4-5-6-7-8-29-69-32-33-71(52-69)43-59-13-15-61(16-14-59)45-73-36-37-74(54-73)46-62-17-19-63(20-18-62)48-76-38-39-77(55-76)50-66-25-27-67(28-26-66)80-57-79-41-40-78(56-79)49-65-23-21-64(22-24-65)47-75-35-34-72(53-75)44-60-11-9-58(10-12-60)42-70-31-30-68(2)51-70/h9-28,30-41,51-56H,3-8,29,42-50,57H2,1-2H3/q+6. The van der Waals surface area contributed by atoms with Gasteiger partial charge in [-0.25, -0.2) is 54.8 Å². The van der Waals surface area contributed by atoms with Gasteiger partial charge in [0.15, 0.2) is 0 Å². The van der Waals surface area contributed by atoms with E-state index >= 15 is 0 Å². The molecule has 0 bridgehead atoms. The minimum atomic E-state index is 0.442. The summed E-state index contributed by atoms with van der Waals surface area (Å²) in [6.45, 7) is 11.4. The first-order valence-electron chi connectivity index (χ1n) is 28.6. The van der Waals surface area contributed by atoms with E-state index in [4.69, 9.17) is 4.74 Å². The molecule has 0 aliphatic heterocycles. The number of hydrogen-bond donors (Lipinski definition) is 0. The van der Waals surface area contributed by atoms with Crippen molar-refractivity contribution in [2.75, 3.05) is 0 Å². The number of rotatable bonds is 28. The van der Waals surface area contributed by atoms with Crippen molar-refractivity contribution in [3.05, 3.63) is 284 Å². The van der Waals surface area contributed by atoms with Crippen LogP contribution in [0.3, 0.4) is 0 Å². The first-order valence-corrected chi connectivity index (χ1v) is 28.6. The number of benzene rings is 5. The third kappa shape index (κ3) is 15.5. The Hall–Kier alpha value is -8.84. The average molecular weight is 1070 g/mol. The van der Waals surface area contributed by atoms with Crippen molar-refractivity contribution in [2.45, 2.75) is 118 Å². The number of aromatic nitrogens is 12. The molecule has 0 aliphatic carbocycles. The second kappa shape index (κ2) is 26.2. The molecule has 0 spiro atoms. The van der Waals surface area contributed by atoms with Crippen LogP contribution in [0.1, 0.15) is 95.5 Å². The molecule has 13 nitrogen and oxygen atoms in total.